The van der Waals surface area contributed by atoms with Gasteiger partial charge in [0.25, 0.3) is 0 Å². The molecule has 8 heteroatoms. The SMILES string of the molecule is CC(=O)OCC(OC(C)=O)(OC(C)=O)C(=O)O. The van der Waals surface area contributed by atoms with Gasteiger partial charge in [0.2, 0.25) is 0 Å². The van der Waals surface area contributed by atoms with Gasteiger partial charge in [-0.3, -0.25) is 14.4 Å². The van der Waals surface area contributed by atoms with Crippen molar-refractivity contribution >= 4 is 23.9 Å². The summed E-state index contributed by atoms with van der Waals surface area (Å²) in [6.07, 6.45) is 0. The Labute approximate surface area is 96.4 Å². The van der Waals surface area contributed by atoms with Gasteiger partial charge >= 0.3 is 29.7 Å². The van der Waals surface area contributed by atoms with Crippen LogP contribution in [0.3, 0.4) is 0 Å². The largest absolute Gasteiger partial charge is 0.475 e. The lowest BCUT2D eigenvalue weighted by Gasteiger charge is -2.26. The summed E-state index contributed by atoms with van der Waals surface area (Å²) < 4.78 is 13.2. The minimum Gasteiger partial charge on any atom is -0.475 e. The summed E-state index contributed by atoms with van der Waals surface area (Å²) in [6, 6.07) is 0. The van der Waals surface area contributed by atoms with Crippen molar-refractivity contribution in [3.63, 3.8) is 0 Å². The monoisotopic (exact) mass is 248 g/mol. The first-order chi connectivity index (χ1) is 7.69. The summed E-state index contributed by atoms with van der Waals surface area (Å²) in [4.78, 5) is 43.1. The first-order valence-corrected chi connectivity index (χ1v) is 4.45. The second-order valence-corrected chi connectivity index (χ2v) is 3.03. The molecule has 1 N–H and O–H groups in total. The first-order valence-electron chi connectivity index (χ1n) is 4.45. The first kappa shape index (κ1) is 14.9. The van der Waals surface area contributed by atoms with Crippen molar-refractivity contribution < 1.29 is 38.5 Å². The molecule has 0 amide bonds. The Morgan fingerprint density at radius 2 is 1.35 bits per heavy atom. The predicted molar refractivity (Wildman–Crippen MR) is 50.5 cm³/mol. The summed E-state index contributed by atoms with van der Waals surface area (Å²) >= 11 is 0. The lowest BCUT2D eigenvalue weighted by atomic mass is 10.3. The van der Waals surface area contributed by atoms with Gasteiger partial charge in [-0.05, 0) is 0 Å². The van der Waals surface area contributed by atoms with Gasteiger partial charge in [-0.15, -0.1) is 0 Å². The van der Waals surface area contributed by atoms with E-state index >= 15 is 0 Å². The van der Waals surface area contributed by atoms with Crippen molar-refractivity contribution in [3.05, 3.63) is 0 Å². The second-order valence-electron chi connectivity index (χ2n) is 3.03. The number of carboxylic acids is 1. The maximum atomic E-state index is 11.0. The smallest absolute Gasteiger partial charge is 0.394 e. The molecule has 0 radical (unpaired) electrons. The van der Waals surface area contributed by atoms with E-state index in [-0.39, 0.29) is 0 Å². The molecule has 0 spiro atoms. The quantitative estimate of drug-likeness (QED) is 0.509. The molecule has 0 heterocycles. The highest BCUT2D eigenvalue weighted by Crippen LogP contribution is 2.16. The molecule has 0 aromatic rings. The van der Waals surface area contributed by atoms with Crippen molar-refractivity contribution in [1.82, 2.24) is 0 Å². The molecule has 0 saturated heterocycles. The van der Waals surface area contributed by atoms with Crippen molar-refractivity contribution in [2.45, 2.75) is 26.6 Å². The second kappa shape index (κ2) is 5.83. The number of esters is 3. The molecule has 0 unspecified atom stereocenters. The highest BCUT2D eigenvalue weighted by Gasteiger charge is 2.47. The fraction of sp³-hybridized carbons (Fsp3) is 0.556. The maximum Gasteiger partial charge on any atom is 0.394 e. The van der Waals surface area contributed by atoms with Crippen LogP contribution in [0.25, 0.3) is 0 Å². The fourth-order valence-corrected chi connectivity index (χ4v) is 0.890. The third-order valence-corrected chi connectivity index (χ3v) is 1.41. The lowest BCUT2D eigenvalue weighted by Crippen LogP contribution is -2.51. The van der Waals surface area contributed by atoms with E-state index < -0.39 is 36.3 Å². The number of carbonyl (C=O) groups excluding carboxylic acids is 3. The number of carbonyl (C=O) groups is 4. The van der Waals surface area contributed by atoms with Crippen LogP contribution in [0.2, 0.25) is 0 Å². The van der Waals surface area contributed by atoms with E-state index in [0.717, 1.165) is 20.8 Å². The average molecular weight is 248 g/mol. The van der Waals surface area contributed by atoms with E-state index in [2.05, 4.69) is 14.2 Å². The molecule has 96 valence electrons. The van der Waals surface area contributed by atoms with Gasteiger partial charge in [0.05, 0.1) is 0 Å². The van der Waals surface area contributed by atoms with Gasteiger partial charge in [0.15, 0.2) is 6.61 Å². The highest BCUT2D eigenvalue weighted by molar-refractivity contribution is 5.83. The number of hydrogen-bond donors (Lipinski definition) is 1. The zero-order chi connectivity index (χ0) is 13.6. The van der Waals surface area contributed by atoms with Crippen molar-refractivity contribution in [3.8, 4) is 0 Å². The van der Waals surface area contributed by atoms with Crippen LogP contribution in [0, 0.1) is 0 Å². The van der Waals surface area contributed by atoms with E-state index in [0.29, 0.717) is 0 Å². The number of aliphatic carboxylic acids is 1. The molecule has 0 aliphatic heterocycles. The van der Waals surface area contributed by atoms with Crippen molar-refractivity contribution in [2.75, 3.05) is 6.61 Å². The number of rotatable bonds is 5. The summed E-state index contributed by atoms with van der Waals surface area (Å²) in [6.45, 7) is 1.95. The molecule has 0 atom stereocenters. The Hall–Kier alpha value is -2.12. The molecule has 0 fully saturated rings. The van der Waals surface area contributed by atoms with Crippen LogP contribution in [-0.4, -0.2) is 41.4 Å². The Morgan fingerprint density at radius 1 is 0.941 bits per heavy atom. The van der Waals surface area contributed by atoms with Crippen LogP contribution < -0.4 is 0 Å². The average Bonchev–Trinajstić information content (AvgIpc) is 2.11. The third-order valence-electron chi connectivity index (χ3n) is 1.41. The predicted octanol–water partition coefficient (Wildman–Crippen LogP) is -0.543. The summed E-state index contributed by atoms with van der Waals surface area (Å²) in [5, 5.41) is 8.89. The number of carboxylic acid groups (broad SMARTS) is 1. The molecule has 0 aliphatic carbocycles. The summed E-state index contributed by atoms with van der Waals surface area (Å²) in [5.41, 5.74) is 0. The van der Waals surface area contributed by atoms with Crippen LogP contribution in [0.1, 0.15) is 20.8 Å². The fourth-order valence-electron chi connectivity index (χ4n) is 0.890. The normalized spacial score (nSPS) is 10.3. The van der Waals surface area contributed by atoms with E-state index in [1.165, 1.54) is 0 Å². The van der Waals surface area contributed by atoms with E-state index in [9.17, 15) is 19.2 Å². The van der Waals surface area contributed by atoms with Gasteiger partial charge < -0.3 is 19.3 Å². The molecule has 0 bridgehead atoms. The molecule has 0 saturated carbocycles. The zero-order valence-electron chi connectivity index (χ0n) is 9.51. The van der Waals surface area contributed by atoms with E-state index in [1.54, 1.807) is 0 Å². The van der Waals surface area contributed by atoms with Gasteiger partial charge in [-0.1, -0.05) is 0 Å². The van der Waals surface area contributed by atoms with Gasteiger partial charge in [0, 0.05) is 20.8 Å². The Kier molecular flexibility index (Phi) is 5.10. The Bertz CT molecular complexity index is 329. The van der Waals surface area contributed by atoms with Crippen LogP contribution in [0.5, 0.6) is 0 Å². The molecule has 0 aliphatic rings. The van der Waals surface area contributed by atoms with Crippen molar-refractivity contribution in [2.24, 2.45) is 0 Å². The van der Waals surface area contributed by atoms with Crippen LogP contribution >= 0.6 is 0 Å². The highest BCUT2D eigenvalue weighted by atomic mass is 16.8. The molecule has 17 heavy (non-hydrogen) atoms. The van der Waals surface area contributed by atoms with Crippen molar-refractivity contribution in [1.29, 1.82) is 0 Å². The minimum atomic E-state index is -2.65. The van der Waals surface area contributed by atoms with Gasteiger partial charge in [-0.2, -0.15) is 0 Å². The maximum absolute atomic E-state index is 11.0. The van der Waals surface area contributed by atoms with E-state index in [1.807, 2.05) is 0 Å². The van der Waals surface area contributed by atoms with Gasteiger partial charge in [-0.25, -0.2) is 4.79 Å². The topological polar surface area (TPSA) is 116 Å². The molecule has 0 aromatic carbocycles. The Morgan fingerprint density at radius 3 is 1.59 bits per heavy atom. The number of ether oxygens (including phenoxy) is 3. The Balaban J connectivity index is 5.07. The summed E-state index contributed by atoms with van der Waals surface area (Å²) in [7, 11) is 0. The van der Waals surface area contributed by atoms with Crippen LogP contribution in [-0.2, 0) is 33.4 Å². The van der Waals surface area contributed by atoms with Crippen LogP contribution in [0.4, 0.5) is 0 Å². The summed E-state index contributed by atoms with van der Waals surface area (Å²) in [5.74, 6) is -7.22. The zero-order valence-corrected chi connectivity index (χ0v) is 9.51. The lowest BCUT2D eigenvalue weighted by molar-refractivity contribution is -0.246. The molecular weight excluding hydrogens is 236 g/mol. The third kappa shape index (κ3) is 4.96. The van der Waals surface area contributed by atoms with E-state index in [4.69, 9.17) is 5.11 Å². The molecular formula is C9H12O8. The number of hydrogen-bond acceptors (Lipinski definition) is 7. The molecule has 0 aromatic heterocycles. The minimum absolute atomic E-state index is 0.810. The molecule has 8 nitrogen and oxygen atoms in total. The van der Waals surface area contributed by atoms with Crippen LogP contribution in [0.15, 0.2) is 0 Å². The standard InChI is InChI=1S/C9H12O8/c1-5(10)15-4-9(8(13)14,16-6(2)11)17-7(3)12/h4H2,1-3H3,(H,13,14). The molecule has 0 rings (SSSR count). The van der Waals surface area contributed by atoms with Gasteiger partial charge in [0.1, 0.15) is 0 Å².